The third kappa shape index (κ3) is 5.03. The van der Waals surface area contributed by atoms with Crippen LogP contribution in [0.3, 0.4) is 0 Å². The van der Waals surface area contributed by atoms with Gasteiger partial charge in [0.05, 0.1) is 11.5 Å². The molecule has 2 atom stereocenters. The number of hydrogen-bond donors (Lipinski definition) is 2. The number of aromatic nitrogens is 4. The quantitative estimate of drug-likeness (QED) is 0.393. The highest BCUT2D eigenvalue weighted by Gasteiger charge is 2.54. The zero-order valence-electron chi connectivity index (χ0n) is 15.2. The minimum absolute atomic E-state index is 0.150. The molecule has 3 rings (SSSR count). The molecule has 3 heterocycles. The van der Waals surface area contributed by atoms with Gasteiger partial charge in [-0.2, -0.15) is 13.2 Å². The van der Waals surface area contributed by atoms with Crippen molar-refractivity contribution in [3.8, 4) is 0 Å². The van der Waals surface area contributed by atoms with Gasteiger partial charge in [0.15, 0.2) is 0 Å². The van der Waals surface area contributed by atoms with Crippen LogP contribution in [-0.4, -0.2) is 88.6 Å². The second-order valence-electron chi connectivity index (χ2n) is 6.19. The first kappa shape index (κ1) is 22.7. The first-order valence-electron chi connectivity index (χ1n) is 8.27. The van der Waals surface area contributed by atoms with Gasteiger partial charge in [0.1, 0.15) is 17.1 Å². The van der Waals surface area contributed by atoms with E-state index in [9.17, 15) is 32.7 Å². The molecule has 30 heavy (non-hydrogen) atoms. The Labute approximate surface area is 180 Å². The van der Waals surface area contributed by atoms with Gasteiger partial charge >= 0.3 is 12.1 Å². The highest BCUT2D eigenvalue weighted by Crippen LogP contribution is 2.41. The number of carbonyl (C=O) groups excluding carboxylic acids is 2. The molecule has 0 aromatic carbocycles. The van der Waals surface area contributed by atoms with E-state index in [1.807, 2.05) is 0 Å². The molecule has 1 fully saturated rings. The number of nitrogens with zero attached hydrogens (tertiary/aromatic N) is 5. The van der Waals surface area contributed by atoms with Crippen LogP contribution in [0.15, 0.2) is 16.4 Å². The molecule has 2 aliphatic rings. The van der Waals surface area contributed by atoms with Crippen molar-refractivity contribution in [3.05, 3.63) is 11.3 Å². The average molecular weight is 485 g/mol. The Morgan fingerprint density at radius 2 is 2.13 bits per heavy atom. The normalized spacial score (nSPS) is 21.3. The number of carboxylic acids is 1. The molecule has 0 aliphatic carbocycles. The lowest BCUT2D eigenvalue weighted by atomic mass is 10.0. The van der Waals surface area contributed by atoms with Gasteiger partial charge < -0.3 is 10.4 Å². The van der Waals surface area contributed by atoms with Gasteiger partial charge in [-0.3, -0.25) is 14.5 Å². The standard InChI is InChI=1S/C14H15F3N6O4S3/c1-22-13(19-20-21-22)30-3-6-2-29-11-8(10(25)23(11)9(6)12(26)27)18-7(24)4-28-5-14(15,16)17/h8,11H,2-5H2,1H3,(H,18,24)(H,26,27)/t8-,11-/m1/s1. The molecule has 0 spiro atoms. The zero-order chi connectivity index (χ0) is 22.1. The highest BCUT2D eigenvalue weighted by molar-refractivity contribution is 8.01. The number of alkyl halides is 3. The molecule has 2 amide bonds. The third-order valence-electron chi connectivity index (χ3n) is 4.02. The minimum Gasteiger partial charge on any atom is -0.477 e. The Balaban J connectivity index is 1.62. The molecule has 0 saturated carbocycles. The fourth-order valence-corrected chi connectivity index (χ4v) is 5.70. The summed E-state index contributed by atoms with van der Waals surface area (Å²) in [5.41, 5.74) is 0.360. The minimum atomic E-state index is -4.39. The summed E-state index contributed by atoms with van der Waals surface area (Å²) < 4.78 is 37.9. The summed E-state index contributed by atoms with van der Waals surface area (Å²) in [6.45, 7) is 0. The number of aliphatic carboxylic acids is 1. The van der Waals surface area contributed by atoms with Gasteiger partial charge in [0.25, 0.3) is 5.91 Å². The summed E-state index contributed by atoms with van der Waals surface area (Å²) in [4.78, 5) is 37.2. The molecule has 10 nitrogen and oxygen atoms in total. The summed E-state index contributed by atoms with van der Waals surface area (Å²) in [6.07, 6.45) is -4.39. The van der Waals surface area contributed by atoms with Gasteiger partial charge in [0, 0.05) is 18.6 Å². The van der Waals surface area contributed by atoms with Crippen molar-refractivity contribution in [1.82, 2.24) is 30.4 Å². The molecule has 2 N–H and O–H groups in total. The summed E-state index contributed by atoms with van der Waals surface area (Å²) >= 11 is 2.89. The van der Waals surface area contributed by atoms with E-state index in [4.69, 9.17) is 0 Å². The molecule has 0 radical (unpaired) electrons. The molecule has 1 saturated heterocycles. The smallest absolute Gasteiger partial charge is 0.397 e. The van der Waals surface area contributed by atoms with Crippen LogP contribution < -0.4 is 5.32 Å². The number of aryl methyl sites for hydroxylation is 1. The predicted octanol–water partition coefficient (Wildman–Crippen LogP) is 0.336. The van der Waals surface area contributed by atoms with Crippen LogP contribution in [0.4, 0.5) is 13.2 Å². The van der Waals surface area contributed by atoms with Crippen molar-refractivity contribution in [1.29, 1.82) is 0 Å². The van der Waals surface area contributed by atoms with Crippen LogP contribution in [-0.2, 0) is 21.4 Å². The second kappa shape index (κ2) is 9.05. The fourth-order valence-electron chi connectivity index (χ4n) is 2.76. The van der Waals surface area contributed by atoms with Gasteiger partial charge in [-0.1, -0.05) is 11.8 Å². The lowest BCUT2D eigenvalue weighted by Gasteiger charge is -2.49. The topological polar surface area (TPSA) is 130 Å². The maximum atomic E-state index is 12.5. The van der Waals surface area contributed by atoms with Crippen molar-refractivity contribution in [3.63, 3.8) is 0 Å². The first-order chi connectivity index (χ1) is 14.1. The Bertz CT molecular complexity index is 893. The van der Waals surface area contributed by atoms with E-state index in [-0.39, 0.29) is 11.4 Å². The number of carboxylic acid groups (broad SMARTS) is 1. The van der Waals surface area contributed by atoms with Crippen molar-refractivity contribution < 1.29 is 32.7 Å². The Morgan fingerprint density at radius 1 is 1.40 bits per heavy atom. The Kier molecular flexibility index (Phi) is 6.86. The van der Waals surface area contributed by atoms with Crippen molar-refractivity contribution >= 4 is 53.1 Å². The summed E-state index contributed by atoms with van der Waals surface area (Å²) in [5.74, 6) is -3.64. The number of carbonyl (C=O) groups is 3. The average Bonchev–Trinajstić information content (AvgIpc) is 3.07. The predicted molar refractivity (Wildman–Crippen MR) is 103 cm³/mol. The van der Waals surface area contributed by atoms with E-state index in [1.165, 1.54) is 28.2 Å². The Morgan fingerprint density at radius 3 is 2.73 bits per heavy atom. The van der Waals surface area contributed by atoms with Crippen molar-refractivity contribution in [2.45, 2.75) is 22.7 Å². The maximum Gasteiger partial charge on any atom is 0.397 e. The maximum absolute atomic E-state index is 12.5. The number of halogens is 3. The summed E-state index contributed by atoms with van der Waals surface area (Å²) in [5, 5.41) is 22.9. The van der Waals surface area contributed by atoms with Crippen molar-refractivity contribution in [2.75, 3.05) is 23.0 Å². The molecule has 1 aromatic rings. The lowest BCUT2D eigenvalue weighted by molar-refractivity contribution is -0.150. The van der Waals surface area contributed by atoms with E-state index in [1.54, 1.807) is 7.05 Å². The Hall–Kier alpha value is -1.94. The van der Waals surface area contributed by atoms with Crippen molar-refractivity contribution in [2.24, 2.45) is 7.05 Å². The van der Waals surface area contributed by atoms with Gasteiger partial charge in [0.2, 0.25) is 11.1 Å². The van der Waals surface area contributed by atoms with E-state index < -0.39 is 46.9 Å². The molecular weight excluding hydrogens is 469 g/mol. The van der Waals surface area contributed by atoms with Gasteiger partial charge in [-0.05, 0) is 16.0 Å². The van der Waals surface area contributed by atoms with Crippen LogP contribution in [0.25, 0.3) is 0 Å². The van der Waals surface area contributed by atoms with E-state index in [2.05, 4.69) is 20.8 Å². The summed E-state index contributed by atoms with van der Waals surface area (Å²) in [6, 6.07) is -0.972. The molecule has 1 aromatic heterocycles. The first-order valence-corrected chi connectivity index (χ1v) is 11.5. The number of nitrogens with one attached hydrogen (secondary N) is 1. The number of amides is 2. The molecular formula is C14H15F3N6O4S3. The van der Waals surface area contributed by atoms with Crippen LogP contribution >= 0.6 is 35.3 Å². The number of hydrogen-bond acceptors (Lipinski definition) is 9. The highest BCUT2D eigenvalue weighted by atomic mass is 32.2. The van der Waals surface area contributed by atoms with Gasteiger partial charge in [-0.15, -0.1) is 28.6 Å². The van der Waals surface area contributed by atoms with E-state index in [0.29, 0.717) is 28.2 Å². The molecule has 164 valence electrons. The number of fused-ring (bicyclic) bond motifs is 1. The number of thioether (sulfide) groups is 3. The largest absolute Gasteiger partial charge is 0.477 e. The SMILES string of the molecule is Cn1nnnc1SCC1=C(C(=O)O)N2C(=O)[C@@H](NC(=O)CSCC(F)(F)F)[C@H]2SC1. The number of β-lactam (4-membered cyclic amide) rings is 1. The van der Waals surface area contributed by atoms with Gasteiger partial charge in [-0.25, -0.2) is 9.48 Å². The lowest BCUT2D eigenvalue weighted by Crippen LogP contribution is -2.70. The molecule has 2 aliphatic heterocycles. The van der Waals surface area contributed by atoms with E-state index in [0.717, 1.165) is 4.90 Å². The van der Waals surface area contributed by atoms with Crippen LogP contribution in [0.2, 0.25) is 0 Å². The molecule has 0 unspecified atom stereocenters. The third-order valence-corrected chi connectivity index (χ3v) is 7.46. The zero-order valence-corrected chi connectivity index (χ0v) is 17.7. The monoisotopic (exact) mass is 484 g/mol. The molecule has 16 heteroatoms. The molecule has 0 bridgehead atoms. The van der Waals surface area contributed by atoms with Crippen LogP contribution in [0, 0.1) is 0 Å². The second-order valence-corrected chi connectivity index (χ2v) is 9.23. The van der Waals surface area contributed by atoms with Crippen LogP contribution in [0.1, 0.15) is 0 Å². The van der Waals surface area contributed by atoms with E-state index >= 15 is 0 Å². The summed E-state index contributed by atoms with van der Waals surface area (Å²) in [7, 11) is 1.64. The number of rotatable bonds is 8. The number of tetrazole rings is 1. The van der Waals surface area contributed by atoms with Crippen LogP contribution in [0.5, 0.6) is 0 Å². The fraction of sp³-hybridized carbons (Fsp3) is 0.571.